The van der Waals surface area contributed by atoms with E-state index in [1.807, 2.05) is 0 Å². The van der Waals surface area contributed by atoms with Crippen LogP contribution >= 0.6 is 0 Å². The van der Waals surface area contributed by atoms with Gasteiger partial charge < -0.3 is 18.9 Å². The van der Waals surface area contributed by atoms with E-state index in [4.69, 9.17) is 18.9 Å². The van der Waals surface area contributed by atoms with Crippen molar-refractivity contribution >= 4 is 29.1 Å². The largest absolute Gasteiger partial charge is 0.463 e. The number of fused-ring (bicyclic) bond motifs is 1. The number of halogens is 2. The average molecular weight is 414 g/mol. The fourth-order valence-corrected chi connectivity index (χ4v) is 2.96. The van der Waals surface area contributed by atoms with Crippen LogP contribution in [0.4, 0.5) is 8.78 Å². The number of ether oxygens (including phenoxy) is 4. The highest BCUT2D eigenvalue weighted by Crippen LogP contribution is 2.36. The number of carbonyl (C=O) groups is 3. The maximum absolute atomic E-state index is 13.9. The Morgan fingerprint density at radius 1 is 1.07 bits per heavy atom. The minimum atomic E-state index is -1.34. The molecule has 2 aromatic heterocycles. The van der Waals surface area contributed by atoms with Gasteiger partial charge in [-0.25, -0.2) is 4.98 Å². The summed E-state index contributed by atoms with van der Waals surface area (Å²) in [6, 6.07) is 0. The average Bonchev–Trinajstić information content (AvgIpc) is 3.15. The van der Waals surface area contributed by atoms with Gasteiger partial charge in [-0.05, 0) is 0 Å². The summed E-state index contributed by atoms with van der Waals surface area (Å²) in [6.45, 7) is 3.09. The van der Waals surface area contributed by atoms with Gasteiger partial charge >= 0.3 is 24.0 Å². The zero-order valence-corrected chi connectivity index (χ0v) is 15.5. The third kappa shape index (κ3) is 4.29. The van der Waals surface area contributed by atoms with E-state index in [0.717, 1.165) is 24.7 Å². The fourth-order valence-electron chi connectivity index (χ4n) is 2.96. The minimum absolute atomic E-state index is 0.271. The molecule has 1 fully saturated rings. The van der Waals surface area contributed by atoms with Gasteiger partial charge in [0.2, 0.25) is 5.95 Å². The molecule has 4 unspecified atom stereocenters. The molecule has 0 aromatic carbocycles. The van der Waals surface area contributed by atoms with Gasteiger partial charge in [0, 0.05) is 20.8 Å². The molecular weight excluding hydrogens is 398 g/mol. The Balaban J connectivity index is 2.04. The molecule has 0 saturated carbocycles. The number of aromatic nitrogens is 4. The van der Waals surface area contributed by atoms with Crippen LogP contribution in [0, 0.1) is 12.0 Å². The lowest BCUT2D eigenvalue weighted by atomic mass is 10.1. The summed E-state index contributed by atoms with van der Waals surface area (Å²) in [5.74, 6) is -3.25. The Labute approximate surface area is 161 Å². The third-order valence-corrected chi connectivity index (χ3v) is 3.97. The Hall–Kier alpha value is -3.22. The van der Waals surface area contributed by atoms with Crippen molar-refractivity contribution in [2.45, 2.75) is 45.3 Å². The second-order valence-corrected chi connectivity index (χ2v) is 6.12. The molecular formula is C16H16F2N4O7. The smallest absolute Gasteiger partial charge is 0.313 e. The molecule has 0 N–H and O–H groups in total. The van der Waals surface area contributed by atoms with E-state index in [9.17, 15) is 23.2 Å². The Bertz CT molecular complexity index is 966. The Morgan fingerprint density at radius 3 is 2.34 bits per heavy atom. The van der Waals surface area contributed by atoms with Crippen LogP contribution in [0.15, 0.2) is 6.33 Å². The normalized spacial score (nSPS) is 23.8. The van der Waals surface area contributed by atoms with Crippen LogP contribution < -0.4 is 0 Å². The number of esters is 3. The van der Waals surface area contributed by atoms with Crippen LogP contribution in [0.3, 0.4) is 0 Å². The van der Waals surface area contributed by atoms with Crippen LogP contribution in [0.5, 0.6) is 0 Å². The van der Waals surface area contributed by atoms with Crippen LogP contribution in [-0.4, -0.2) is 62.3 Å². The molecule has 156 valence electrons. The van der Waals surface area contributed by atoms with Crippen LogP contribution in [-0.2, 0) is 33.3 Å². The van der Waals surface area contributed by atoms with Crippen LogP contribution in [0.25, 0.3) is 11.2 Å². The quantitative estimate of drug-likeness (QED) is 0.294. The molecule has 4 atom stereocenters. The fraction of sp³-hybridized carbons (Fsp3) is 0.500. The maximum atomic E-state index is 13.9. The molecule has 1 aliphatic rings. The van der Waals surface area contributed by atoms with Crippen molar-refractivity contribution in [1.82, 2.24) is 19.5 Å². The summed E-state index contributed by atoms with van der Waals surface area (Å²) in [5.41, 5.74) is -0.615. The number of hydrogen-bond donors (Lipinski definition) is 0. The standard InChI is InChI=1S/C16H16F2N4O7/c1-6(23)26-4-9-11(27-7(2)24)12(28-8(3)25)15(29-9)22-5-19-10-13(17)20-16(18)21-14(10)22/h5,9,11-12,15H,4H2,1-3H3. The predicted molar refractivity (Wildman–Crippen MR) is 86.9 cm³/mol. The zero-order chi connectivity index (χ0) is 21.3. The lowest BCUT2D eigenvalue weighted by Crippen LogP contribution is -2.40. The molecule has 11 nitrogen and oxygen atoms in total. The summed E-state index contributed by atoms with van der Waals surface area (Å²) < 4.78 is 49.6. The summed E-state index contributed by atoms with van der Waals surface area (Å²) in [6.07, 6.45) is -4.94. The Morgan fingerprint density at radius 2 is 1.72 bits per heavy atom. The van der Waals surface area contributed by atoms with E-state index in [2.05, 4.69) is 15.0 Å². The van der Waals surface area contributed by atoms with Crippen molar-refractivity contribution in [2.75, 3.05) is 6.61 Å². The van der Waals surface area contributed by atoms with E-state index in [1.165, 1.54) is 6.92 Å². The number of rotatable bonds is 5. The third-order valence-electron chi connectivity index (χ3n) is 3.97. The molecule has 3 rings (SSSR count). The summed E-state index contributed by atoms with van der Waals surface area (Å²) in [5, 5.41) is 0. The molecule has 0 bridgehead atoms. The molecule has 0 aliphatic carbocycles. The molecule has 0 spiro atoms. The first-order valence-electron chi connectivity index (χ1n) is 8.36. The van der Waals surface area contributed by atoms with Crippen molar-refractivity contribution in [3.8, 4) is 0 Å². The van der Waals surface area contributed by atoms with E-state index in [0.29, 0.717) is 0 Å². The number of nitrogens with zero attached hydrogens (tertiary/aromatic N) is 4. The van der Waals surface area contributed by atoms with E-state index < -0.39 is 54.5 Å². The van der Waals surface area contributed by atoms with Gasteiger partial charge in [-0.15, -0.1) is 0 Å². The van der Waals surface area contributed by atoms with Gasteiger partial charge in [0.05, 0.1) is 6.33 Å². The molecule has 29 heavy (non-hydrogen) atoms. The van der Waals surface area contributed by atoms with Crippen molar-refractivity contribution in [2.24, 2.45) is 0 Å². The second-order valence-electron chi connectivity index (χ2n) is 6.12. The first kappa shape index (κ1) is 20.5. The first-order valence-corrected chi connectivity index (χ1v) is 8.36. The SMILES string of the molecule is CC(=O)OCC1OC(n2cnc3c(F)nc(F)nc32)C(OC(C)=O)C1OC(C)=O. The minimum Gasteiger partial charge on any atom is -0.463 e. The highest BCUT2D eigenvalue weighted by molar-refractivity contribution is 5.70. The molecule has 0 amide bonds. The topological polar surface area (TPSA) is 132 Å². The number of hydrogen-bond acceptors (Lipinski definition) is 10. The first-order chi connectivity index (χ1) is 13.7. The van der Waals surface area contributed by atoms with Gasteiger partial charge in [-0.3, -0.25) is 19.0 Å². The van der Waals surface area contributed by atoms with Gasteiger partial charge in [0.1, 0.15) is 12.7 Å². The highest BCUT2D eigenvalue weighted by Gasteiger charge is 2.51. The number of imidazole rings is 1. The molecule has 1 saturated heterocycles. The van der Waals surface area contributed by atoms with E-state index >= 15 is 0 Å². The van der Waals surface area contributed by atoms with Crippen LogP contribution in [0.1, 0.15) is 27.0 Å². The molecule has 2 aromatic rings. The molecule has 13 heteroatoms. The van der Waals surface area contributed by atoms with Crippen molar-refractivity contribution in [3.63, 3.8) is 0 Å². The second kappa shape index (κ2) is 8.03. The molecule has 1 aliphatic heterocycles. The van der Waals surface area contributed by atoms with Gasteiger partial charge in [0.15, 0.2) is 29.6 Å². The van der Waals surface area contributed by atoms with Gasteiger partial charge in [0.25, 0.3) is 0 Å². The van der Waals surface area contributed by atoms with Gasteiger partial charge in [-0.1, -0.05) is 0 Å². The van der Waals surface area contributed by atoms with E-state index in [-0.39, 0.29) is 17.8 Å². The summed E-state index contributed by atoms with van der Waals surface area (Å²) in [4.78, 5) is 44.6. The monoisotopic (exact) mass is 414 g/mol. The van der Waals surface area contributed by atoms with Crippen molar-refractivity contribution in [3.05, 3.63) is 18.4 Å². The summed E-state index contributed by atoms with van der Waals surface area (Å²) >= 11 is 0. The molecule has 3 heterocycles. The summed E-state index contributed by atoms with van der Waals surface area (Å²) in [7, 11) is 0. The Kier molecular flexibility index (Phi) is 5.68. The molecule has 0 radical (unpaired) electrons. The number of carbonyl (C=O) groups excluding carboxylic acids is 3. The van der Waals surface area contributed by atoms with Gasteiger partial charge in [-0.2, -0.15) is 18.7 Å². The van der Waals surface area contributed by atoms with Crippen molar-refractivity contribution in [1.29, 1.82) is 0 Å². The van der Waals surface area contributed by atoms with Crippen LogP contribution in [0.2, 0.25) is 0 Å². The predicted octanol–water partition coefficient (Wildman–Crippen LogP) is 0.428. The van der Waals surface area contributed by atoms with E-state index in [1.54, 1.807) is 0 Å². The highest BCUT2D eigenvalue weighted by atomic mass is 19.1. The lowest BCUT2D eigenvalue weighted by Gasteiger charge is -2.23. The van der Waals surface area contributed by atoms with Crippen molar-refractivity contribution < 1.29 is 42.1 Å². The lowest BCUT2D eigenvalue weighted by molar-refractivity contribution is -0.166. The maximum Gasteiger partial charge on any atom is 0.313 e. The zero-order valence-electron chi connectivity index (χ0n) is 15.5.